The molecule has 0 bridgehead atoms. The number of amides is 1. The molecule has 1 amide bonds. The number of nitrogens with zero attached hydrogens (tertiary/aromatic N) is 4. The van der Waals surface area contributed by atoms with E-state index >= 15 is 0 Å². The summed E-state index contributed by atoms with van der Waals surface area (Å²) < 4.78 is 14.5. The number of aromatic nitrogens is 4. The Morgan fingerprint density at radius 3 is 2.95 bits per heavy atom. The summed E-state index contributed by atoms with van der Waals surface area (Å²) in [6.07, 6.45) is 0.328. The van der Waals surface area contributed by atoms with Gasteiger partial charge in [0, 0.05) is 24.9 Å². The van der Waals surface area contributed by atoms with Gasteiger partial charge in [-0.25, -0.2) is 9.07 Å². The molecule has 0 spiro atoms. The minimum absolute atomic E-state index is 0.123. The molecule has 0 aliphatic rings. The van der Waals surface area contributed by atoms with Crippen LogP contribution in [0.1, 0.15) is 12.0 Å². The molecule has 0 radical (unpaired) electrons. The number of carbonyl (C=O) groups is 1. The third kappa shape index (κ3) is 3.77. The number of rotatable bonds is 5. The maximum Gasteiger partial charge on any atom is 0.225 e. The molecule has 1 heterocycles. The summed E-state index contributed by atoms with van der Waals surface area (Å²) in [6.45, 7) is 1.75. The van der Waals surface area contributed by atoms with Gasteiger partial charge in [-0.2, -0.15) is 0 Å². The van der Waals surface area contributed by atoms with E-state index in [1.165, 1.54) is 23.9 Å². The Balaban J connectivity index is 1.82. The molecule has 1 aromatic carbocycles. The Morgan fingerprint density at radius 2 is 2.30 bits per heavy atom. The second kappa shape index (κ2) is 6.47. The van der Waals surface area contributed by atoms with E-state index in [1.807, 2.05) is 0 Å². The number of halogens is 1. The van der Waals surface area contributed by atoms with Crippen LogP contribution in [-0.4, -0.2) is 31.9 Å². The van der Waals surface area contributed by atoms with E-state index in [4.69, 9.17) is 0 Å². The predicted molar refractivity (Wildman–Crippen MR) is 73.9 cm³/mol. The minimum atomic E-state index is -0.314. The van der Waals surface area contributed by atoms with Crippen molar-refractivity contribution in [2.75, 3.05) is 11.1 Å². The normalized spacial score (nSPS) is 10.6. The largest absolute Gasteiger partial charge is 0.326 e. The first-order valence-electron chi connectivity index (χ1n) is 5.97. The van der Waals surface area contributed by atoms with Crippen molar-refractivity contribution < 1.29 is 9.18 Å². The van der Waals surface area contributed by atoms with Crippen LogP contribution in [0, 0.1) is 12.7 Å². The van der Waals surface area contributed by atoms with Crippen molar-refractivity contribution in [1.29, 1.82) is 0 Å². The predicted octanol–water partition coefficient (Wildman–Crippen LogP) is 1.78. The third-order valence-electron chi connectivity index (χ3n) is 2.60. The molecule has 0 saturated carbocycles. The number of aryl methyl sites for hydroxylation is 2. The van der Waals surface area contributed by atoms with Gasteiger partial charge in [0.25, 0.3) is 0 Å². The summed E-state index contributed by atoms with van der Waals surface area (Å²) in [5.74, 6) is 0.133. The van der Waals surface area contributed by atoms with E-state index in [1.54, 1.807) is 24.7 Å². The number of anilines is 1. The van der Waals surface area contributed by atoms with Gasteiger partial charge in [0.1, 0.15) is 5.82 Å². The van der Waals surface area contributed by atoms with Crippen molar-refractivity contribution in [2.45, 2.75) is 18.5 Å². The molecule has 0 aliphatic carbocycles. The van der Waals surface area contributed by atoms with E-state index in [9.17, 15) is 9.18 Å². The Hall–Kier alpha value is -1.96. The van der Waals surface area contributed by atoms with Gasteiger partial charge in [-0.15, -0.1) is 5.10 Å². The van der Waals surface area contributed by atoms with Gasteiger partial charge in [0.15, 0.2) is 0 Å². The summed E-state index contributed by atoms with van der Waals surface area (Å²) in [5, 5.41) is 14.4. The van der Waals surface area contributed by atoms with Crippen molar-refractivity contribution in [3.8, 4) is 0 Å². The van der Waals surface area contributed by atoms with E-state index < -0.39 is 0 Å². The Morgan fingerprint density at radius 1 is 1.50 bits per heavy atom. The number of nitrogens with one attached hydrogen (secondary N) is 1. The molecule has 8 heteroatoms. The lowest BCUT2D eigenvalue weighted by Gasteiger charge is -2.08. The highest BCUT2D eigenvalue weighted by atomic mass is 32.2. The van der Waals surface area contributed by atoms with Gasteiger partial charge in [0.05, 0.1) is 0 Å². The maximum atomic E-state index is 12.9. The Labute approximate surface area is 119 Å². The third-order valence-corrected chi connectivity index (χ3v) is 3.62. The zero-order chi connectivity index (χ0) is 14.5. The van der Waals surface area contributed by atoms with Gasteiger partial charge < -0.3 is 5.32 Å². The van der Waals surface area contributed by atoms with Crippen molar-refractivity contribution in [3.05, 3.63) is 29.6 Å². The minimum Gasteiger partial charge on any atom is -0.326 e. The molecule has 0 aliphatic heterocycles. The number of tetrazole rings is 1. The molecule has 20 heavy (non-hydrogen) atoms. The molecule has 1 aromatic heterocycles. The summed E-state index contributed by atoms with van der Waals surface area (Å²) >= 11 is 1.41. The average Bonchev–Trinajstić information content (AvgIpc) is 2.79. The molecule has 0 unspecified atom stereocenters. The van der Waals surface area contributed by atoms with E-state index in [-0.39, 0.29) is 11.7 Å². The first kappa shape index (κ1) is 14.4. The van der Waals surface area contributed by atoms with Crippen LogP contribution in [0.2, 0.25) is 0 Å². The first-order valence-corrected chi connectivity index (χ1v) is 6.96. The highest BCUT2D eigenvalue weighted by Gasteiger charge is 2.08. The van der Waals surface area contributed by atoms with Gasteiger partial charge >= 0.3 is 0 Å². The molecule has 2 rings (SSSR count). The molecular weight excluding hydrogens is 281 g/mol. The zero-order valence-electron chi connectivity index (χ0n) is 11.1. The second-order valence-electron chi connectivity index (χ2n) is 4.19. The number of hydrogen-bond donors (Lipinski definition) is 1. The molecule has 0 atom stereocenters. The number of carbonyl (C=O) groups excluding carboxylic acids is 1. The summed E-state index contributed by atoms with van der Waals surface area (Å²) in [5.41, 5.74) is 1.32. The fraction of sp³-hybridized carbons (Fsp3) is 0.333. The fourth-order valence-corrected chi connectivity index (χ4v) is 2.35. The standard InChI is InChI=1S/C12H14FN5OS/c1-8-7-9(13)3-4-10(8)14-11(19)5-6-20-12-15-16-17-18(12)2/h3-4,7H,5-6H2,1-2H3,(H,14,19). The number of benzene rings is 1. The van der Waals surface area contributed by atoms with Gasteiger partial charge in [-0.1, -0.05) is 11.8 Å². The Bertz CT molecular complexity index is 616. The number of hydrogen-bond acceptors (Lipinski definition) is 5. The maximum absolute atomic E-state index is 12.9. The van der Waals surface area contributed by atoms with Crippen LogP contribution in [0.15, 0.2) is 23.4 Å². The lowest BCUT2D eigenvalue weighted by atomic mass is 10.2. The molecular formula is C12H14FN5OS. The summed E-state index contributed by atoms with van der Waals surface area (Å²) in [6, 6.07) is 4.26. The van der Waals surface area contributed by atoms with Crippen LogP contribution in [0.4, 0.5) is 10.1 Å². The molecule has 0 fully saturated rings. The molecule has 6 nitrogen and oxygen atoms in total. The van der Waals surface area contributed by atoms with Gasteiger partial charge in [-0.05, 0) is 41.1 Å². The SMILES string of the molecule is Cc1cc(F)ccc1NC(=O)CCSc1nnnn1C. The van der Waals surface area contributed by atoms with Crippen molar-refractivity contribution in [1.82, 2.24) is 20.2 Å². The molecule has 2 aromatic rings. The zero-order valence-corrected chi connectivity index (χ0v) is 11.9. The van der Waals surface area contributed by atoms with Crippen LogP contribution in [-0.2, 0) is 11.8 Å². The number of thioether (sulfide) groups is 1. The summed E-state index contributed by atoms with van der Waals surface area (Å²) in [4.78, 5) is 11.8. The smallest absolute Gasteiger partial charge is 0.225 e. The van der Waals surface area contributed by atoms with Crippen LogP contribution in [0.3, 0.4) is 0 Å². The quantitative estimate of drug-likeness (QED) is 0.851. The van der Waals surface area contributed by atoms with E-state index in [2.05, 4.69) is 20.8 Å². The molecule has 106 valence electrons. The van der Waals surface area contributed by atoms with Crippen LogP contribution in [0.5, 0.6) is 0 Å². The van der Waals surface area contributed by atoms with Crippen LogP contribution < -0.4 is 5.32 Å². The van der Waals surface area contributed by atoms with Crippen molar-refractivity contribution in [3.63, 3.8) is 0 Å². The fourth-order valence-electron chi connectivity index (χ4n) is 1.56. The highest BCUT2D eigenvalue weighted by Crippen LogP contribution is 2.17. The van der Waals surface area contributed by atoms with E-state index in [0.717, 1.165) is 0 Å². The van der Waals surface area contributed by atoms with Gasteiger partial charge in [0.2, 0.25) is 11.1 Å². The summed E-state index contributed by atoms with van der Waals surface area (Å²) in [7, 11) is 1.74. The topological polar surface area (TPSA) is 72.7 Å². The Kier molecular flexibility index (Phi) is 4.67. The monoisotopic (exact) mass is 295 g/mol. The van der Waals surface area contributed by atoms with Crippen molar-refractivity contribution in [2.24, 2.45) is 7.05 Å². The van der Waals surface area contributed by atoms with Crippen molar-refractivity contribution >= 4 is 23.4 Å². The first-order chi connectivity index (χ1) is 9.56. The van der Waals surface area contributed by atoms with Crippen LogP contribution in [0.25, 0.3) is 0 Å². The molecule has 1 N–H and O–H groups in total. The second-order valence-corrected chi connectivity index (χ2v) is 5.25. The van der Waals surface area contributed by atoms with Crippen LogP contribution >= 0.6 is 11.8 Å². The lowest BCUT2D eigenvalue weighted by molar-refractivity contribution is -0.115. The highest BCUT2D eigenvalue weighted by molar-refractivity contribution is 7.99. The van der Waals surface area contributed by atoms with Gasteiger partial charge in [-0.3, -0.25) is 4.79 Å². The molecule has 0 saturated heterocycles. The van der Waals surface area contributed by atoms with E-state index in [0.29, 0.717) is 28.6 Å². The average molecular weight is 295 g/mol. The lowest BCUT2D eigenvalue weighted by Crippen LogP contribution is -2.13.